The molecule has 0 amide bonds. The molecule has 3 nitrogen and oxygen atoms in total. The van der Waals surface area contributed by atoms with Crippen LogP contribution in [-0.4, -0.2) is 25.8 Å². The topological polar surface area (TPSA) is 35.5 Å². The first-order chi connectivity index (χ1) is 10.0. The van der Waals surface area contributed by atoms with Crippen LogP contribution in [0.4, 0.5) is 5.69 Å². The summed E-state index contributed by atoms with van der Waals surface area (Å²) in [5.74, 6) is 0. The molecule has 21 heavy (non-hydrogen) atoms. The minimum Gasteiger partial charge on any atom is -0.394 e. The normalized spacial score (nSPS) is 13.7. The zero-order chi connectivity index (χ0) is 15.3. The maximum atomic E-state index is 9.82. The van der Waals surface area contributed by atoms with Gasteiger partial charge in [-0.3, -0.25) is 0 Å². The highest BCUT2D eigenvalue weighted by Crippen LogP contribution is 2.23. The van der Waals surface area contributed by atoms with Crippen molar-refractivity contribution in [3.63, 3.8) is 0 Å². The number of nitrogens with one attached hydrogen (secondary N) is 1. The zero-order valence-corrected chi connectivity index (χ0v) is 13.0. The fourth-order valence-corrected chi connectivity index (χ4v) is 2.27. The fourth-order valence-electron chi connectivity index (χ4n) is 2.27. The molecule has 0 fully saturated rings. The Kier molecular flexibility index (Phi) is 4.99. The van der Waals surface area contributed by atoms with Crippen molar-refractivity contribution in [1.82, 2.24) is 5.32 Å². The van der Waals surface area contributed by atoms with Crippen molar-refractivity contribution in [2.45, 2.75) is 19.0 Å². The van der Waals surface area contributed by atoms with Crippen LogP contribution >= 0.6 is 0 Å². The first-order valence-corrected chi connectivity index (χ1v) is 7.23. The van der Waals surface area contributed by atoms with Crippen molar-refractivity contribution in [2.75, 3.05) is 25.6 Å². The monoisotopic (exact) mass is 284 g/mol. The molecule has 3 heteroatoms. The molecule has 0 bridgehead atoms. The second kappa shape index (κ2) is 6.74. The van der Waals surface area contributed by atoms with Gasteiger partial charge in [-0.05, 0) is 30.2 Å². The smallest absolute Gasteiger partial charge is 0.0652 e. The van der Waals surface area contributed by atoms with E-state index in [1.165, 1.54) is 5.56 Å². The minimum atomic E-state index is -0.444. The Morgan fingerprint density at radius 1 is 1.00 bits per heavy atom. The third-order valence-electron chi connectivity index (χ3n) is 3.86. The molecular formula is C18H24N2O. The molecule has 2 rings (SSSR count). The summed E-state index contributed by atoms with van der Waals surface area (Å²) in [6, 6.07) is 18.5. The van der Waals surface area contributed by atoms with Crippen LogP contribution < -0.4 is 10.2 Å². The van der Waals surface area contributed by atoms with E-state index in [1.807, 2.05) is 39.2 Å². The molecular weight excluding hydrogens is 260 g/mol. The van der Waals surface area contributed by atoms with Crippen molar-refractivity contribution in [1.29, 1.82) is 0 Å². The lowest BCUT2D eigenvalue weighted by Crippen LogP contribution is -2.42. The van der Waals surface area contributed by atoms with Gasteiger partial charge in [-0.2, -0.15) is 0 Å². The van der Waals surface area contributed by atoms with Gasteiger partial charge in [0.25, 0.3) is 0 Å². The highest BCUT2D eigenvalue weighted by molar-refractivity contribution is 5.47. The quantitative estimate of drug-likeness (QED) is 0.856. The van der Waals surface area contributed by atoms with E-state index < -0.39 is 5.54 Å². The molecule has 0 heterocycles. The molecule has 2 aromatic carbocycles. The zero-order valence-electron chi connectivity index (χ0n) is 13.0. The van der Waals surface area contributed by atoms with Crippen LogP contribution in [0.25, 0.3) is 0 Å². The molecule has 0 aromatic heterocycles. The molecule has 2 N–H and O–H groups in total. The molecule has 0 spiro atoms. The van der Waals surface area contributed by atoms with E-state index in [-0.39, 0.29) is 6.61 Å². The molecule has 2 aromatic rings. The van der Waals surface area contributed by atoms with E-state index in [2.05, 4.69) is 46.6 Å². The first-order valence-electron chi connectivity index (χ1n) is 7.23. The second-order valence-corrected chi connectivity index (χ2v) is 5.77. The Labute approximate surface area is 127 Å². The molecule has 0 saturated carbocycles. The van der Waals surface area contributed by atoms with Gasteiger partial charge in [0.1, 0.15) is 0 Å². The molecule has 0 saturated heterocycles. The summed E-state index contributed by atoms with van der Waals surface area (Å²) in [5.41, 5.74) is 3.01. The van der Waals surface area contributed by atoms with Crippen molar-refractivity contribution >= 4 is 5.69 Å². The number of aliphatic hydroxyl groups is 1. The largest absolute Gasteiger partial charge is 0.394 e. The Balaban J connectivity index is 2.12. The van der Waals surface area contributed by atoms with Crippen molar-refractivity contribution in [2.24, 2.45) is 0 Å². The van der Waals surface area contributed by atoms with E-state index in [1.54, 1.807) is 0 Å². The average molecular weight is 284 g/mol. The van der Waals surface area contributed by atoms with Gasteiger partial charge in [-0.1, -0.05) is 42.5 Å². The summed E-state index contributed by atoms with van der Waals surface area (Å²) < 4.78 is 0. The summed E-state index contributed by atoms with van der Waals surface area (Å²) in [4.78, 5) is 2.07. The standard InChI is InChI=1S/C18H24N2O/c1-18(14-21,19-13-15-7-5-4-6-8-15)16-9-11-17(12-10-16)20(2)3/h4-12,19,21H,13-14H2,1-3H3. The molecule has 0 radical (unpaired) electrons. The molecule has 112 valence electrons. The predicted molar refractivity (Wildman–Crippen MR) is 88.5 cm³/mol. The van der Waals surface area contributed by atoms with Crippen LogP contribution in [-0.2, 0) is 12.1 Å². The van der Waals surface area contributed by atoms with Gasteiger partial charge in [0.05, 0.1) is 12.1 Å². The number of aliphatic hydroxyl groups excluding tert-OH is 1. The number of hydrogen-bond donors (Lipinski definition) is 2. The molecule has 0 aliphatic rings. The Bertz CT molecular complexity index is 551. The number of anilines is 1. The highest BCUT2D eigenvalue weighted by atomic mass is 16.3. The third kappa shape index (κ3) is 3.84. The van der Waals surface area contributed by atoms with Crippen LogP contribution in [0.15, 0.2) is 54.6 Å². The van der Waals surface area contributed by atoms with Gasteiger partial charge in [-0.25, -0.2) is 0 Å². The van der Waals surface area contributed by atoms with Gasteiger partial charge in [0.2, 0.25) is 0 Å². The van der Waals surface area contributed by atoms with E-state index >= 15 is 0 Å². The Morgan fingerprint density at radius 2 is 1.62 bits per heavy atom. The van der Waals surface area contributed by atoms with E-state index in [4.69, 9.17) is 0 Å². The average Bonchev–Trinajstić information content (AvgIpc) is 2.53. The maximum Gasteiger partial charge on any atom is 0.0652 e. The maximum absolute atomic E-state index is 9.82. The molecule has 0 aliphatic carbocycles. The number of rotatable bonds is 6. The third-order valence-corrected chi connectivity index (χ3v) is 3.86. The summed E-state index contributed by atoms with van der Waals surface area (Å²) in [6.45, 7) is 2.81. The second-order valence-electron chi connectivity index (χ2n) is 5.77. The SMILES string of the molecule is CN(C)c1ccc(C(C)(CO)NCc2ccccc2)cc1. The lowest BCUT2D eigenvalue weighted by molar-refractivity contribution is 0.173. The molecule has 0 aliphatic heterocycles. The van der Waals surface area contributed by atoms with E-state index in [9.17, 15) is 5.11 Å². The van der Waals surface area contributed by atoms with Crippen LogP contribution in [0.3, 0.4) is 0 Å². The number of hydrogen-bond acceptors (Lipinski definition) is 3. The van der Waals surface area contributed by atoms with E-state index in [0.717, 1.165) is 17.8 Å². The lowest BCUT2D eigenvalue weighted by Gasteiger charge is -2.30. The van der Waals surface area contributed by atoms with Crippen LogP contribution in [0, 0.1) is 0 Å². The van der Waals surface area contributed by atoms with Gasteiger partial charge in [0, 0.05) is 26.3 Å². The van der Waals surface area contributed by atoms with Crippen molar-refractivity contribution in [3.8, 4) is 0 Å². The van der Waals surface area contributed by atoms with Crippen LogP contribution in [0.1, 0.15) is 18.1 Å². The summed E-state index contributed by atoms with van der Waals surface area (Å²) in [6.07, 6.45) is 0. The van der Waals surface area contributed by atoms with Crippen molar-refractivity contribution < 1.29 is 5.11 Å². The molecule has 1 unspecified atom stereocenters. The highest BCUT2D eigenvalue weighted by Gasteiger charge is 2.25. The van der Waals surface area contributed by atoms with Gasteiger partial charge >= 0.3 is 0 Å². The van der Waals surface area contributed by atoms with E-state index in [0.29, 0.717) is 0 Å². The Hall–Kier alpha value is -1.84. The number of nitrogens with zero attached hydrogens (tertiary/aromatic N) is 1. The van der Waals surface area contributed by atoms with Gasteiger partial charge in [-0.15, -0.1) is 0 Å². The number of benzene rings is 2. The lowest BCUT2D eigenvalue weighted by atomic mass is 9.92. The summed E-state index contributed by atoms with van der Waals surface area (Å²) in [7, 11) is 4.04. The summed E-state index contributed by atoms with van der Waals surface area (Å²) in [5, 5.41) is 13.3. The Morgan fingerprint density at radius 3 is 2.14 bits per heavy atom. The van der Waals surface area contributed by atoms with Crippen LogP contribution in [0.5, 0.6) is 0 Å². The fraction of sp³-hybridized carbons (Fsp3) is 0.333. The predicted octanol–water partition coefficient (Wildman–Crippen LogP) is 2.75. The van der Waals surface area contributed by atoms with Crippen LogP contribution in [0.2, 0.25) is 0 Å². The van der Waals surface area contributed by atoms with Crippen molar-refractivity contribution in [3.05, 3.63) is 65.7 Å². The van der Waals surface area contributed by atoms with Gasteiger partial charge < -0.3 is 15.3 Å². The minimum absolute atomic E-state index is 0.0567. The molecule has 1 atom stereocenters. The first kappa shape index (κ1) is 15.5. The van der Waals surface area contributed by atoms with Gasteiger partial charge in [0.15, 0.2) is 0 Å². The summed E-state index contributed by atoms with van der Waals surface area (Å²) >= 11 is 0.